The van der Waals surface area contributed by atoms with Crippen LogP contribution in [0, 0.1) is 11.8 Å². The van der Waals surface area contributed by atoms with Crippen LogP contribution in [0.4, 0.5) is 0 Å². The first kappa shape index (κ1) is 11.0. The van der Waals surface area contributed by atoms with Crippen LogP contribution in [0.5, 0.6) is 0 Å². The van der Waals surface area contributed by atoms with Crippen molar-refractivity contribution in [1.82, 2.24) is 5.32 Å². The highest BCUT2D eigenvalue weighted by atomic mass is 16.3. The third-order valence-electron chi connectivity index (χ3n) is 3.38. The highest BCUT2D eigenvalue weighted by molar-refractivity contribution is 4.80. The Morgan fingerprint density at radius 3 is 2.46 bits per heavy atom. The van der Waals surface area contributed by atoms with E-state index in [-0.39, 0.29) is 0 Å². The Hall–Kier alpha value is -0.0800. The quantitative estimate of drug-likeness (QED) is 0.684. The second kappa shape index (κ2) is 4.43. The lowest BCUT2D eigenvalue weighted by molar-refractivity contribution is 0.0128. The zero-order valence-corrected chi connectivity index (χ0v) is 9.14. The highest BCUT2D eigenvalue weighted by Gasteiger charge is 2.25. The second-order valence-electron chi connectivity index (χ2n) is 4.94. The SMILES string of the molecule is CC(C)C(C)(O)CNCC1CCC1. The fourth-order valence-corrected chi connectivity index (χ4v) is 1.43. The summed E-state index contributed by atoms with van der Waals surface area (Å²) >= 11 is 0. The topological polar surface area (TPSA) is 32.3 Å². The maximum absolute atomic E-state index is 9.93. The minimum atomic E-state index is -0.552. The maximum atomic E-state index is 9.93. The summed E-state index contributed by atoms with van der Waals surface area (Å²) in [6.07, 6.45) is 4.14. The summed E-state index contributed by atoms with van der Waals surface area (Å²) < 4.78 is 0. The van der Waals surface area contributed by atoms with Crippen LogP contribution in [0.25, 0.3) is 0 Å². The molecule has 0 saturated heterocycles. The number of aliphatic hydroxyl groups is 1. The molecule has 0 aliphatic heterocycles. The van der Waals surface area contributed by atoms with E-state index in [2.05, 4.69) is 19.2 Å². The Bertz CT molecular complexity index is 150. The Labute approximate surface area is 81.7 Å². The highest BCUT2D eigenvalue weighted by Crippen LogP contribution is 2.25. The van der Waals surface area contributed by atoms with Crippen molar-refractivity contribution < 1.29 is 5.11 Å². The number of hydrogen-bond donors (Lipinski definition) is 2. The summed E-state index contributed by atoms with van der Waals surface area (Å²) in [5.74, 6) is 1.20. The first-order valence-electron chi connectivity index (χ1n) is 5.45. The van der Waals surface area contributed by atoms with E-state index in [1.54, 1.807) is 0 Å². The molecule has 0 amide bonds. The average Bonchev–Trinajstić information content (AvgIpc) is 1.94. The van der Waals surface area contributed by atoms with Crippen LogP contribution < -0.4 is 5.32 Å². The summed E-state index contributed by atoms with van der Waals surface area (Å²) in [7, 11) is 0. The van der Waals surface area contributed by atoms with Gasteiger partial charge in [0.05, 0.1) is 5.60 Å². The molecule has 2 heteroatoms. The van der Waals surface area contributed by atoms with Crippen molar-refractivity contribution in [2.75, 3.05) is 13.1 Å². The van der Waals surface area contributed by atoms with E-state index in [9.17, 15) is 5.11 Å². The van der Waals surface area contributed by atoms with Gasteiger partial charge in [-0.3, -0.25) is 0 Å². The van der Waals surface area contributed by atoms with E-state index >= 15 is 0 Å². The number of rotatable bonds is 5. The van der Waals surface area contributed by atoms with Gasteiger partial charge in [-0.2, -0.15) is 0 Å². The zero-order valence-electron chi connectivity index (χ0n) is 9.14. The van der Waals surface area contributed by atoms with Gasteiger partial charge >= 0.3 is 0 Å². The van der Waals surface area contributed by atoms with E-state index in [1.807, 2.05) is 6.92 Å². The first-order valence-corrected chi connectivity index (χ1v) is 5.45. The summed E-state index contributed by atoms with van der Waals surface area (Å²) in [4.78, 5) is 0. The molecule has 0 spiro atoms. The van der Waals surface area contributed by atoms with E-state index in [1.165, 1.54) is 19.3 Å². The first-order chi connectivity index (χ1) is 6.02. The molecule has 0 heterocycles. The predicted octanol–water partition coefficient (Wildman–Crippen LogP) is 1.78. The molecule has 0 aromatic rings. The van der Waals surface area contributed by atoms with E-state index in [0.717, 1.165) is 19.0 Å². The van der Waals surface area contributed by atoms with Crippen LogP contribution in [0.2, 0.25) is 0 Å². The molecule has 2 N–H and O–H groups in total. The monoisotopic (exact) mass is 185 g/mol. The van der Waals surface area contributed by atoms with Gasteiger partial charge in [-0.1, -0.05) is 20.3 Å². The molecule has 2 nitrogen and oxygen atoms in total. The van der Waals surface area contributed by atoms with Crippen molar-refractivity contribution >= 4 is 0 Å². The molecular weight excluding hydrogens is 162 g/mol. The zero-order chi connectivity index (χ0) is 9.90. The standard InChI is InChI=1S/C11H23NO/c1-9(2)11(3,13)8-12-7-10-5-4-6-10/h9-10,12-13H,4-8H2,1-3H3. The van der Waals surface area contributed by atoms with Crippen LogP contribution in [-0.2, 0) is 0 Å². The molecule has 0 radical (unpaired) electrons. The van der Waals surface area contributed by atoms with Gasteiger partial charge in [0.2, 0.25) is 0 Å². The normalized spacial score (nSPS) is 22.8. The Kier molecular flexibility index (Phi) is 3.74. The Balaban J connectivity index is 2.09. The molecule has 1 aliphatic carbocycles. The summed E-state index contributed by atoms with van der Waals surface area (Å²) in [6, 6.07) is 0. The van der Waals surface area contributed by atoms with Crippen molar-refractivity contribution in [3.63, 3.8) is 0 Å². The molecular formula is C11H23NO. The van der Waals surface area contributed by atoms with Gasteiger partial charge in [0.1, 0.15) is 0 Å². The Morgan fingerprint density at radius 2 is 2.08 bits per heavy atom. The van der Waals surface area contributed by atoms with Gasteiger partial charge in [0.25, 0.3) is 0 Å². The smallest absolute Gasteiger partial charge is 0.0766 e. The van der Waals surface area contributed by atoms with Gasteiger partial charge in [-0.25, -0.2) is 0 Å². The van der Waals surface area contributed by atoms with E-state index < -0.39 is 5.60 Å². The maximum Gasteiger partial charge on any atom is 0.0766 e. The van der Waals surface area contributed by atoms with Gasteiger partial charge < -0.3 is 10.4 Å². The van der Waals surface area contributed by atoms with Crippen molar-refractivity contribution in [2.24, 2.45) is 11.8 Å². The molecule has 1 unspecified atom stereocenters. The second-order valence-corrected chi connectivity index (χ2v) is 4.94. The molecule has 1 fully saturated rings. The summed E-state index contributed by atoms with van der Waals surface area (Å²) in [6.45, 7) is 7.84. The van der Waals surface area contributed by atoms with Crippen LogP contribution in [0.15, 0.2) is 0 Å². The third-order valence-corrected chi connectivity index (χ3v) is 3.38. The largest absolute Gasteiger partial charge is 0.389 e. The molecule has 13 heavy (non-hydrogen) atoms. The fourth-order valence-electron chi connectivity index (χ4n) is 1.43. The lowest BCUT2D eigenvalue weighted by Gasteiger charge is -2.31. The van der Waals surface area contributed by atoms with Crippen molar-refractivity contribution in [3.05, 3.63) is 0 Å². The minimum Gasteiger partial charge on any atom is -0.389 e. The molecule has 1 rings (SSSR count). The molecule has 1 atom stereocenters. The summed E-state index contributed by atoms with van der Waals surface area (Å²) in [5, 5.41) is 13.3. The van der Waals surface area contributed by atoms with Gasteiger partial charge in [-0.15, -0.1) is 0 Å². The van der Waals surface area contributed by atoms with E-state index in [4.69, 9.17) is 0 Å². The lowest BCUT2D eigenvalue weighted by Crippen LogP contribution is -2.44. The average molecular weight is 185 g/mol. The minimum absolute atomic E-state index is 0.321. The van der Waals surface area contributed by atoms with Crippen LogP contribution in [-0.4, -0.2) is 23.8 Å². The summed E-state index contributed by atoms with van der Waals surface area (Å²) in [5.41, 5.74) is -0.552. The molecule has 0 aromatic carbocycles. The van der Waals surface area contributed by atoms with Gasteiger partial charge in [0, 0.05) is 6.54 Å². The number of nitrogens with one attached hydrogen (secondary N) is 1. The van der Waals surface area contributed by atoms with Crippen molar-refractivity contribution in [3.8, 4) is 0 Å². The fraction of sp³-hybridized carbons (Fsp3) is 1.00. The number of hydrogen-bond acceptors (Lipinski definition) is 2. The molecule has 0 aromatic heterocycles. The van der Waals surface area contributed by atoms with Gasteiger partial charge in [-0.05, 0) is 38.1 Å². The van der Waals surface area contributed by atoms with E-state index in [0.29, 0.717) is 5.92 Å². The van der Waals surface area contributed by atoms with Crippen LogP contribution in [0.3, 0.4) is 0 Å². The van der Waals surface area contributed by atoms with Crippen molar-refractivity contribution in [2.45, 2.75) is 45.6 Å². The third kappa shape index (κ3) is 3.28. The lowest BCUT2D eigenvalue weighted by atomic mass is 9.85. The predicted molar refractivity (Wildman–Crippen MR) is 55.7 cm³/mol. The molecule has 1 aliphatic rings. The van der Waals surface area contributed by atoms with Crippen LogP contribution in [0.1, 0.15) is 40.0 Å². The molecule has 0 bridgehead atoms. The molecule has 78 valence electrons. The van der Waals surface area contributed by atoms with Crippen LogP contribution >= 0.6 is 0 Å². The molecule has 1 saturated carbocycles. The van der Waals surface area contributed by atoms with Crippen molar-refractivity contribution in [1.29, 1.82) is 0 Å². The van der Waals surface area contributed by atoms with Gasteiger partial charge in [0.15, 0.2) is 0 Å². The Morgan fingerprint density at radius 1 is 1.46 bits per heavy atom.